The van der Waals surface area contributed by atoms with Crippen molar-refractivity contribution >= 4 is 19.4 Å². The molecule has 0 spiro atoms. The molecule has 0 radical (unpaired) electrons. The average molecular weight is 320 g/mol. The van der Waals surface area contributed by atoms with E-state index in [0.29, 0.717) is 0 Å². The van der Waals surface area contributed by atoms with Gasteiger partial charge in [-0.15, -0.1) is 0 Å². The Labute approximate surface area is 119 Å². The summed E-state index contributed by atoms with van der Waals surface area (Å²) in [6, 6.07) is 19.2. The third-order valence-corrected chi connectivity index (χ3v) is 5.98. The van der Waals surface area contributed by atoms with Gasteiger partial charge in [0.2, 0.25) is 0 Å². The molecule has 19 heavy (non-hydrogen) atoms. The van der Waals surface area contributed by atoms with Crippen molar-refractivity contribution in [2.45, 2.75) is 17.8 Å². The van der Waals surface area contributed by atoms with Gasteiger partial charge < -0.3 is 0 Å². The maximum atomic E-state index is 11.1. The van der Waals surface area contributed by atoms with E-state index in [1.807, 2.05) is 60.7 Å². The fourth-order valence-corrected chi connectivity index (χ4v) is 4.36. The number of nitro groups is 1. The molecular formula is C15H15NO2Se. The van der Waals surface area contributed by atoms with Crippen molar-refractivity contribution in [2.75, 3.05) is 0 Å². The van der Waals surface area contributed by atoms with Crippen LogP contribution >= 0.6 is 0 Å². The van der Waals surface area contributed by atoms with Gasteiger partial charge >= 0.3 is 118 Å². The van der Waals surface area contributed by atoms with Gasteiger partial charge in [-0.25, -0.2) is 0 Å². The van der Waals surface area contributed by atoms with Gasteiger partial charge in [0, 0.05) is 0 Å². The zero-order valence-electron chi connectivity index (χ0n) is 10.6. The van der Waals surface area contributed by atoms with E-state index in [0.717, 1.165) is 5.56 Å². The first-order valence-corrected chi connectivity index (χ1v) is 7.93. The SMILES string of the molecule is C[C@H]([C@@H]([Se]c1ccccc1)c1ccccc1)[N+](=O)[O-]. The fourth-order valence-electron chi connectivity index (χ4n) is 1.84. The van der Waals surface area contributed by atoms with Crippen LogP contribution < -0.4 is 4.46 Å². The Bertz CT molecular complexity index is 530. The summed E-state index contributed by atoms with van der Waals surface area (Å²) < 4.78 is 1.19. The summed E-state index contributed by atoms with van der Waals surface area (Å²) in [5, 5.41) is 11.1. The van der Waals surface area contributed by atoms with Crippen LogP contribution in [0.4, 0.5) is 0 Å². The monoisotopic (exact) mass is 321 g/mol. The van der Waals surface area contributed by atoms with Crippen LogP contribution in [-0.2, 0) is 0 Å². The van der Waals surface area contributed by atoms with Crippen LogP contribution in [0.1, 0.15) is 17.3 Å². The third kappa shape index (κ3) is 3.66. The number of hydrogen-bond acceptors (Lipinski definition) is 2. The number of benzene rings is 2. The predicted octanol–water partition coefficient (Wildman–Crippen LogP) is 2.42. The van der Waals surface area contributed by atoms with Crippen molar-refractivity contribution in [1.29, 1.82) is 0 Å². The first kappa shape index (κ1) is 13.8. The average Bonchev–Trinajstić information content (AvgIpc) is 2.46. The normalized spacial score (nSPS) is 13.7. The van der Waals surface area contributed by atoms with Gasteiger partial charge in [-0.2, -0.15) is 0 Å². The van der Waals surface area contributed by atoms with Gasteiger partial charge in [0.1, 0.15) is 0 Å². The number of nitrogens with zero attached hydrogens (tertiary/aromatic N) is 1. The Morgan fingerprint density at radius 1 is 1.00 bits per heavy atom. The van der Waals surface area contributed by atoms with Gasteiger partial charge in [0.25, 0.3) is 0 Å². The molecule has 0 bridgehead atoms. The van der Waals surface area contributed by atoms with Crippen molar-refractivity contribution < 1.29 is 4.92 Å². The summed E-state index contributed by atoms with van der Waals surface area (Å²) in [6.45, 7) is 1.70. The Kier molecular flexibility index (Phi) is 4.72. The first-order valence-electron chi connectivity index (χ1n) is 6.08. The molecule has 0 fully saturated rings. The second-order valence-corrected chi connectivity index (χ2v) is 6.84. The van der Waals surface area contributed by atoms with Gasteiger partial charge in [0.05, 0.1) is 0 Å². The van der Waals surface area contributed by atoms with E-state index in [4.69, 9.17) is 0 Å². The molecule has 0 heterocycles. The van der Waals surface area contributed by atoms with Crippen molar-refractivity contribution in [3.63, 3.8) is 0 Å². The fraction of sp³-hybridized carbons (Fsp3) is 0.200. The van der Waals surface area contributed by atoms with Crippen LogP contribution in [0.25, 0.3) is 0 Å². The van der Waals surface area contributed by atoms with Crippen LogP contribution in [0.3, 0.4) is 0 Å². The summed E-state index contributed by atoms with van der Waals surface area (Å²) in [6.07, 6.45) is 0. The van der Waals surface area contributed by atoms with E-state index < -0.39 is 6.04 Å². The van der Waals surface area contributed by atoms with E-state index >= 15 is 0 Å². The summed E-state index contributed by atoms with van der Waals surface area (Å²) >= 11 is 0.0507. The van der Waals surface area contributed by atoms with Crippen LogP contribution in [0.2, 0.25) is 0 Å². The van der Waals surface area contributed by atoms with Gasteiger partial charge in [-0.1, -0.05) is 0 Å². The van der Waals surface area contributed by atoms with Crippen molar-refractivity contribution in [3.05, 3.63) is 76.3 Å². The van der Waals surface area contributed by atoms with Gasteiger partial charge in [0.15, 0.2) is 0 Å². The molecule has 0 aliphatic heterocycles. The predicted molar refractivity (Wildman–Crippen MR) is 77.5 cm³/mol. The quantitative estimate of drug-likeness (QED) is 0.482. The standard InChI is InChI=1S/C15H15NO2Se/c1-12(16(17)18)15(13-8-4-2-5-9-13)19-14-10-6-3-7-11-14/h2-12,15H,1H3/t12-,15-/m1/s1. The van der Waals surface area contributed by atoms with Gasteiger partial charge in [-0.05, 0) is 0 Å². The molecule has 0 aliphatic rings. The van der Waals surface area contributed by atoms with Crippen LogP contribution in [0.5, 0.6) is 0 Å². The molecule has 2 atom stereocenters. The molecule has 0 aliphatic carbocycles. The molecule has 2 aromatic rings. The topological polar surface area (TPSA) is 43.1 Å². The molecular weight excluding hydrogens is 305 g/mol. The van der Waals surface area contributed by atoms with Crippen molar-refractivity contribution in [1.82, 2.24) is 0 Å². The van der Waals surface area contributed by atoms with E-state index in [-0.39, 0.29) is 24.7 Å². The Balaban J connectivity index is 2.27. The van der Waals surface area contributed by atoms with E-state index in [9.17, 15) is 10.1 Å². The van der Waals surface area contributed by atoms with E-state index in [1.165, 1.54) is 4.46 Å². The van der Waals surface area contributed by atoms with Crippen LogP contribution in [0, 0.1) is 10.1 Å². The van der Waals surface area contributed by atoms with E-state index in [2.05, 4.69) is 0 Å². The number of hydrogen-bond donors (Lipinski definition) is 0. The molecule has 2 aromatic carbocycles. The minimum absolute atomic E-state index is 0.0360. The summed E-state index contributed by atoms with van der Waals surface area (Å²) in [5.41, 5.74) is 1.05. The second-order valence-electron chi connectivity index (χ2n) is 4.29. The Morgan fingerprint density at radius 3 is 2.05 bits per heavy atom. The molecule has 4 heteroatoms. The zero-order chi connectivity index (χ0) is 13.7. The van der Waals surface area contributed by atoms with E-state index in [1.54, 1.807) is 6.92 Å². The summed E-state index contributed by atoms with van der Waals surface area (Å²) in [4.78, 5) is 10.9. The Hall–Kier alpha value is -1.64. The molecule has 0 aromatic heterocycles. The van der Waals surface area contributed by atoms with Crippen LogP contribution in [0.15, 0.2) is 60.7 Å². The molecule has 0 saturated heterocycles. The van der Waals surface area contributed by atoms with Crippen LogP contribution in [-0.4, -0.2) is 25.9 Å². The van der Waals surface area contributed by atoms with Crippen molar-refractivity contribution in [2.24, 2.45) is 0 Å². The first-order chi connectivity index (χ1) is 9.18. The van der Waals surface area contributed by atoms with Gasteiger partial charge in [-0.3, -0.25) is 0 Å². The van der Waals surface area contributed by atoms with Crippen molar-refractivity contribution in [3.8, 4) is 0 Å². The Morgan fingerprint density at radius 2 is 1.53 bits per heavy atom. The number of rotatable bonds is 5. The molecule has 98 valence electrons. The molecule has 0 N–H and O–H groups in total. The molecule has 2 rings (SSSR count). The third-order valence-electron chi connectivity index (χ3n) is 2.91. The summed E-state index contributed by atoms with van der Waals surface area (Å²) in [5.74, 6) is 0. The molecule has 0 unspecified atom stereocenters. The maximum absolute atomic E-state index is 11.1. The second kappa shape index (κ2) is 6.50. The zero-order valence-corrected chi connectivity index (χ0v) is 12.3. The molecule has 0 amide bonds. The summed E-state index contributed by atoms with van der Waals surface area (Å²) in [7, 11) is 0. The minimum atomic E-state index is -0.567. The molecule has 0 saturated carbocycles. The molecule has 3 nitrogen and oxygen atoms in total.